The summed E-state index contributed by atoms with van der Waals surface area (Å²) in [6.07, 6.45) is -5.10. The van der Waals surface area contributed by atoms with Crippen LogP contribution in [-0.4, -0.2) is 51.7 Å². The molecule has 63 heavy (non-hydrogen) atoms. The number of benzene rings is 4. The zero-order valence-electron chi connectivity index (χ0n) is 33.2. The minimum Gasteiger partial charge on any atom is -0.497 e. The van der Waals surface area contributed by atoms with Crippen LogP contribution in [0.2, 0.25) is 15.1 Å². The maximum Gasteiger partial charge on any atom is 0.432 e. The van der Waals surface area contributed by atoms with Gasteiger partial charge in [-0.25, -0.2) is 0 Å². The molecule has 8 rings (SSSR count). The number of carbonyl (C=O) groups excluding carboxylic acids is 4. The topological polar surface area (TPSA) is 111 Å². The van der Waals surface area contributed by atoms with Gasteiger partial charge in [0.1, 0.15) is 17.1 Å². The second kappa shape index (κ2) is 18.3. The molecule has 2 saturated carbocycles. The van der Waals surface area contributed by atoms with Gasteiger partial charge < -0.3 is 24.5 Å². The molecule has 0 bridgehead atoms. The van der Waals surface area contributed by atoms with Crippen LogP contribution in [0.5, 0.6) is 5.75 Å². The van der Waals surface area contributed by atoms with Crippen LogP contribution in [-0.2, 0) is 35.0 Å². The summed E-state index contributed by atoms with van der Waals surface area (Å²) in [5.41, 5.74) is -2.34. The third-order valence-electron chi connectivity index (χ3n) is 11.1. The highest BCUT2D eigenvalue weighted by molar-refractivity contribution is 6.46. The van der Waals surface area contributed by atoms with Crippen molar-refractivity contribution in [1.82, 2.24) is 19.8 Å². The Morgan fingerprint density at radius 2 is 1.14 bits per heavy atom. The summed E-state index contributed by atoms with van der Waals surface area (Å²) in [6.45, 7) is -0.407. The number of nitrogens with zero attached hydrogens (tertiary/aromatic N) is 2. The van der Waals surface area contributed by atoms with Crippen LogP contribution in [0, 0.1) is 0 Å². The Morgan fingerprint density at radius 1 is 0.635 bits per heavy atom. The number of Topliss-reactive ketones (excluding diaryl/α,β-unsaturated/α-hetero) is 2. The summed E-state index contributed by atoms with van der Waals surface area (Å²) in [6, 6.07) is 20.9. The van der Waals surface area contributed by atoms with Gasteiger partial charge in [0, 0.05) is 62.0 Å². The van der Waals surface area contributed by atoms with E-state index < -0.39 is 58.2 Å². The fourth-order valence-corrected chi connectivity index (χ4v) is 8.16. The van der Waals surface area contributed by atoms with Gasteiger partial charge in [-0.05, 0) is 98.2 Å². The summed E-state index contributed by atoms with van der Waals surface area (Å²) < 4.78 is 92.7. The van der Waals surface area contributed by atoms with Gasteiger partial charge in [-0.15, -0.1) is 0 Å². The van der Waals surface area contributed by atoms with Crippen molar-refractivity contribution in [2.45, 2.75) is 76.1 Å². The molecular weight excluding hydrogens is 897 g/mol. The lowest BCUT2D eigenvalue weighted by Crippen LogP contribution is -2.43. The number of para-hydroxylation sites is 1. The van der Waals surface area contributed by atoms with E-state index in [0.29, 0.717) is 34.0 Å². The zero-order valence-corrected chi connectivity index (χ0v) is 35.5. The lowest BCUT2D eigenvalue weighted by molar-refractivity contribution is -0.144. The van der Waals surface area contributed by atoms with Gasteiger partial charge in [0.05, 0.1) is 18.2 Å². The molecule has 2 aliphatic rings. The molecule has 0 aliphatic heterocycles. The Balaban J connectivity index is 0.000000190. The predicted molar refractivity (Wildman–Crippen MR) is 227 cm³/mol. The number of hydrogen-bond donors (Lipinski definition) is 2. The molecule has 2 fully saturated rings. The first-order chi connectivity index (χ1) is 29.8. The minimum atomic E-state index is -4.92. The largest absolute Gasteiger partial charge is 0.497 e. The highest BCUT2D eigenvalue weighted by Gasteiger charge is 2.44. The van der Waals surface area contributed by atoms with E-state index in [-0.39, 0.29) is 57.8 Å². The molecule has 2 heterocycles. The Bertz CT molecular complexity index is 2740. The molecule has 0 atom stereocenters. The van der Waals surface area contributed by atoms with E-state index in [4.69, 9.17) is 39.5 Å². The lowest BCUT2D eigenvalue weighted by Gasteiger charge is -2.26. The molecule has 4 aromatic carbocycles. The van der Waals surface area contributed by atoms with Gasteiger partial charge in [-0.2, -0.15) is 26.3 Å². The third-order valence-corrected chi connectivity index (χ3v) is 12.0. The van der Waals surface area contributed by atoms with Gasteiger partial charge in [-0.1, -0.05) is 71.2 Å². The first kappa shape index (κ1) is 45.5. The molecule has 2 N–H and O–H groups in total. The Hall–Kier alpha value is -5.51. The second-order valence-corrected chi connectivity index (χ2v) is 16.5. The normalized spacial score (nSPS) is 14.4. The number of ketones is 2. The van der Waals surface area contributed by atoms with E-state index in [0.717, 1.165) is 34.8 Å². The molecule has 9 nitrogen and oxygen atoms in total. The van der Waals surface area contributed by atoms with E-state index in [1.54, 1.807) is 36.4 Å². The summed E-state index contributed by atoms with van der Waals surface area (Å²) >= 11 is 18.0. The molecular formula is C45H37Cl3F6N4O5. The van der Waals surface area contributed by atoms with E-state index in [2.05, 4.69) is 10.6 Å². The Kier molecular flexibility index (Phi) is 13.2. The van der Waals surface area contributed by atoms with E-state index >= 15 is 0 Å². The highest BCUT2D eigenvalue weighted by atomic mass is 35.5. The average Bonchev–Trinajstić information content (AvgIpc) is 3.71. The van der Waals surface area contributed by atoms with Crippen molar-refractivity contribution in [3.05, 3.63) is 134 Å². The van der Waals surface area contributed by atoms with E-state index in [1.807, 2.05) is 0 Å². The summed E-state index contributed by atoms with van der Waals surface area (Å²) in [7, 11) is 1.36. The quantitative estimate of drug-likeness (QED) is 0.0764. The van der Waals surface area contributed by atoms with Crippen LogP contribution in [0.3, 0.4) is 0 Å². The van der Waals surface area contributed by atoms with Gasteiger partial charge in [0.25, 0.3) is 23.4 Å². The summed E-state index contributed by atoms with van der Waals surface area (Å²) in [5.74, 6) is -4.21. The van der Waals surface area contributed by atoms with Crippen molar-refractivity contribution in [2.24, 2.45) is 0 Å². The van der Waals surface area contributed by atoms with Crippen LogP contribution in [0.4, 0.5) is 26.3 Å². The number of halogens is 9. The van der Waals surface area contributed by atoms with Crippen molar-refractivity contribution in [1.29, 1.82) is 0 Å². The maximum absolute atomic E-state index is 14.4. The number of methoxy groups -OCH3 is 1. The molecule has 0 spiro atoms. The fraction of sp³-hybridized carbons (Fsp3) is 0.289. The van der Waals surface area contributed by atoms with Crippen LogP contribution in [0.15, 0.2) is 84.9 Å². The van der Waals surface area contributed by atoms with E-state index in [1.165, 1.54) is 55.6 Å². The van der Waals surface area contributed by atoms with Crippen LogP contribution >= 0.6 is 34.8 Å². The number of aromatic nitrogens is 2. The number of carbonyl (C=O) groups is 4. The molecule has 2 amide bonds. The van der Waals surface area contributed by atoms with Gasteiger partial charge in [0.15, 0.2) is 0 Å². The number of hydrogen-bond acceptors (Lipinski definition) is 5. The number of amides is 2. The predicted octanol–water partition coefficient (Wildman–Crippen LogP) is 11.1. The Morgan fingerprint density at radius 3 is 1.65 bits per heavy atom. The molecule has 0 unspecified atom stereocenters. The van der Waals surface area contributed by atoms with Gasteiger partial charge in [-0.3, -0.25) is 19.2 Å². The van der Waals surface area contributed by atoms with Crippen LogP contribution in [0.25, 0.3) is 21.8 Å². The molecule has 0 saturated heterocycles. The second-order valence-electron chi connectivity index (χ2n) is 15.2. The smallest absolute Gasteiger partial charge is 0.432 e. The fourth-order valence-electron chi connectivity index (χ4n) is 7.57. The number of nitrogens with one attached hydrogen (secondary N) is 2. The molecule has 0 radical (unpaired) electrons. The standard InChI is InChI=1S/C23H19Cl2F3N2O3.C22H18ClF3N2O2/c1-33-15-7-8-18-16(10-15)19(20(31)22(32)29-14-3-2-4-14)21(23(26,27)28)30(18)11-12-5-6-13(24)9-17(12)25;23-14-10-8-13(9-11-14)12-28-17-7-2-1-6-16(17)18(20(28)22(24,25)26)19(29)21(30)27-15-4-3-5-15/h5-10,14H,2-4,11H2,1H3,(H,29,32);1-2,6-11,15H,3-5,12H2,(H,27,30). The lowest BCUT2D eigenvalue weighted by atomic mass is 9.93. The summed E-state index contributed by atoms with van der Waals surface area (Å²) in [5, 5.41) is 6.14. The van der Waals surface area contributed by atoms with Gasteiger partial charge in [0.2, 0.25) is 0 Å². The molecule has 2 aliphatic carbocycles. The monoisotopic (exact) mass is 932 g/mol. The molecule has 18 heteroatoms. The number of rotatable bonds is 11. The van der Waals surface area contributed by atoms with Crippen molar-refractivity contribution in [2.75, 3.05) is 7.11 Å². The van der Waals surface area contributed by atoms with Crippen LogP contribution in [0.1, 0.15) is 81.8 Å². The van der Waals surface area contributed by atoms with Gasteiger partial charge >= 0.3 is 12.4 Å². The number of fused-ring (bicyclic) bond motifs is 2. The van der Waals surface area contributed by atoms with Crippen molar-refractivity contribution in [3.8, 4) is 5.75 Å². The first-order valence-electron chi connectivity index (χ1n) is 19.7. The van der Waals surface area contributed by atoms with Crippen LogP contribution < -0.4 is 15.4 Å². The summed E-state index contributed by atoms with van der Waals surface area (Å²) in [4.78, 5) is 50.9. The number of alkyl halides is 6. The first-order valence-corrected chi connectivity index (χ1v) is 20.8. The zero-order chi connectivity index (χ0) is 45.4. The van der Waals surface area contributed by atoms with Crippen molar-refractivity contribution in [3.63, 3.8) is 0 Å². The molecule has 2 aromatic heterocycles. The Labute approximate surface area is 371 Å². The maximum atomic E-state index is 14.4. The van der Waals surface area contributed by atoms with Crippen molar-refractivity contribution >= 4 is 80.0 Å². The third kappa shape index (κ3) is 9.70. The number of ether oxygens (including phenoxy) is 1. The van der Waals surface area contributed by atoms with E-state index in [9.17, 15) is 45.5 Å². The minimum absolute atomic E-state index is 0.0273. The SMILES string of the molecule is COc1ccc2c(c1)c(C(=O)C(=O)NC1CCC1)c(C(F)(F)F)n2Cc1ccc(Cl)cc1Cl.O=C(NC1CCC1)C(=O)c1c(C(F)(F)F)n(Cc2ccc(Cl)cc2)c2ccccc12. The average molecular weight is 934 g/mol. The molecule has 330 valence electrons. The van der Waals surface area contributed by atoms with Crippen molar-refractivity contribution < 1.29 is 50.3 Å². The molecule has 6 aromatic rings. The highest BCUT2D eigenvalue weighted by Crippen LogP contribution is 2.42.